The summed E-state index contributed by atoms with van der Waals surface area (Å²) in [5.74, 6) is 0.695. The van der Waals surface area contributed by atoms with E-state index in [1.165, 1.54) is 0 Å². The highest BCUT2D eigenvalue weighted by atomic mass is 35.5. The molecule has 2 aliphatic rings. The maximum Gasteiger partial charge on any atom is 0.261 e. The van der Waals surface area contributed by atoms with E-state index in [1.54, 1.807) is 17.0 Å². The van der Waals surface area contributed by atoms with Crippen LogP contribution in [-0.4, -0.2) is 34.9 Å². The van der Waals surface area contributed by atoms with Crippen molar-refractivity contribution < 1.29 is 4.79 Å². The largest absolute Gasteiger partial charge is 0.338 e. The molecule has 6 heteroatoms. The van der Waals surface area contributed by atoms with Crippen molar-refractivity contribution in [2.75, 3.05) is 13.1 Å². The molecule has 3 unspecified atom stereocenters. The topological polar surface area (TPSA) is 79.2 Å². The van der Waals surface area contributed by atoms with Crippen LogP contribution in [-0.2, 0) is 0 Å². The average molecular weight is 360 g/mol. The van der Waals surface area contributed by atoms with Crippen molar-refractivity contribution >= 4 is 18.3 Å². The Bertz CT molecular complexity index is 821. The lowest BCUT2D eigenvalue weighted by Gasteiger charge is -2.18. The lowest BCUT2D eigenvalue weighted by Crippen LogP contribution is -2.36. The summed E-state index contributed by atoms with van der Waals surface area (Å²) in [5, 5.41) is 0. The minimum absolute atomic E-state index is 0. The van der Waals surface area contributed by atoms with Gasteiger partial charge in [-0.1, -0.05) is 30.3 Å². The third-order valence-electron chi connectivity index (χ3n) is 5.42. The van der Waals surface area contributed by atoms with E-state index in [4.69, 9.17) is 5.73 Å². The van der Waals surface area contributed by atoms with Crippen LogP contribution < -0.4 is 11.3 Å². The number of hydrogen-bond acceptors (Lipinski definition) is 3. The number of hydrogen-bond donors (Lipinski definition) is 2. The zero-order chi connectivity index (χ0) is 16.7. The maximum absolute atomic E-state index is 12.7. The number of aromatic nitrogens is 1. The van der Waals surface area contributed by atoms with E-state index in [9.17, 15) is 9.59 Å². The molecule has 1 saturated heterocycles. The van der Waals surface area contributed by atoms with Crippen LogP contribution in [0.25, 0.3) is 11.3 Å². The van der Waals surface area contributed by atoms with Crippen molar-refractivity contribution in [2.24, 2.45) is 17.6 Å². The van der Waals surface area contributed by atoms with Crippen molar-refractivity contribution in [3.05, 3.63) is 58.4 Å². The lowest BCUT2D eigenvalue weighted by molar-refractivity contribution is 0.0778. The molecule has 3 N–H and O–H groups in total. The van der Waals surface area contributed by atoms with Gasteiger partial charge in [-0.3, -0.25) is 9.59 Å². The number of likely N-dealkylation sites (tertiary alicyclic amines) is 1. The summed E-state index contributed by atoms with van der Waals surface area (Å²) in [6.45, 7) is 1.39. The Hall–Kier alpha value is -2.11. The molecule has 132 valence electrons. The van der Waals surface area contributed by atoms with Gasteiger partial charge in [0.15, 0.2) is 0 Å². The SMILES string of the molecule is Cl.NC1CCC2CN(C(=O)c3ccc(-c4ccccc4)[nH]c3=O)CC12. The van der Waals surface area contributed by atoms with E-state index in [1.807, 2.05) is 30.3 Å². The number of nitrogens with zero attached hydrogens (tertiary/aromatic N) is 1. The molecule has 2 fully saturated rings. The van der Waals surface area contributed by atoms with Gasteiger partial charge < -0.3 is 15.6 Å². The molecular formula is C19H22ClN3O2. The summed E-state index contributed by atoms with van der Waals surface area (Å²) < 4.78 is 0. The lowest BCUT2D eigenvalue weighted by atomic mass is 9.98. The molecule has 2 aromatic rings. The molecule has 1 aromatic heterocycles. The first-order valence-corrected chi connectivity index (χ1v) is 8.47. The summed E-state index contributed by atoms with van der Waals surface area (Å²) in [5.41, 5.74) is 7.66. The average Bonchev–Trinajstić information content (AvgIpc) is 3.17. The number of halogens is 1. The van der Waals surface area contributed by atoms with Crippen LogP contribution >= 0.6 is 12.4 Å². The molecule has 4 rings (SSSR count). The summed E-state index contributed by atoms with van der Waals surface area (Å²) in [7, 11) is 0. The highest BCUT2D eigenvalue weighted by Crippen LogP contribution is 2.37. The van der Waals surface area contributed by atoms with Gasteiger partial charge in [-0.2, -0.15) is 0 Å². The van der Waals surface area contributed by atoms with Crippen molar-refractivity contribution in [3.63, 3.8) is 0 Å². The molecule has 1 aromatic carbocycles. The number of nitrogens with one attached hydrogen (secondary N) is 1. The second-order valence-electron chi connectivity index (χ2n) is 6.86. The number of carbonyl (C=O) groups excluding carboxylic acids is 1. The van der Waals surface area contributed by atoms with Crippen LogP contribution in [0.2, 0.25) is 0 Å². The van der Waals surface area contributed by atoms with Crippen LogP contribution in [0.3, 0.4) is 0 Å². The minimum atomic E-state index is -0.331. The molecule has 1 aliphatic carbocycles. The zero-order valence-electron chi connectivity index (χ0n) is 13.9. The number of nitrogens with two attached hydrogens (primary N) is 1. The number of fused-ring (bicyclic) bond motifs is 1. The number of pyridine rings is 1. The van der Waals surface area contributed by atoms with Crippen LogP contribution in [0.4, 0.5) is 0 Å². The summed E-state index contributed by atoms with van der Waals surface area (Å²) in [6, 6.07) is 13.2. The van der Waals surface area contributed by atoms with Crippen LogP contribution in [0.5, 0.6) is 0 Å². The van der Waals surface area contributed by atoms with E-state index in [0.717, 1.165) is 30.6 Å². The minimum Gasteiger partial charge on any atom is -0.338 e. The van der Waals surface area contributed by atoms with Gasteiger partial charge in [0.1, 0.15) is 5.56 Å². The molecule has 5 nitrogen and oxygen atoms in total. The van der Waals surface area contributed by atoms with Gasteiger partial charge in [-0.15, -0.1) is 12.4 Å². The number of H-pyrrole nitrogens is 1. The molecule has 0 bridgehead atoms. The maximum atomic E-state index is 12.7. The van der Waals surface area contributed by atoms with Crippen molar-refractivity contribution in [3.8, 4) is 11.3 Å². The van der Waals surface area contributed by atoms with Gasteiger partial charge in [0.05, 0.1) is 0 Å². The highest BCUT2D eigenvalue weighted by Gasteiger charge is 2.42. The predicted molar refractivity (Wildman–Crippen MR) is 99.8 cm³/mol. The number of rotatable bonds is 2. The van der Waals surface area contributed by atoms with Gasteiger partial charge in [-0.25, -0.2) is 0 Å². The third kappa shape index (κ3) is 3.22. The molecule has 1 amide bonds. The van der Waals surface area contributed by atoms with E-state index < -0.39 is 0 Å². The highest BCUT2D eigenvalue weighted by molar-refractivity contribution is 5.94. The zero-order valence-corrected chi connectivity index (χ0v) is 14.7. The van der Waals surface area contributed by atoms with Crippen LogP contribution in [0.15, 0.2) is 47.3 Å². The monoisotopic (exact) mass is 359 g/mol. The second-order valence-corrected chi connectivity index (χ2v) is 6.86. The van der Waals surface area contributed by atoms with Gasteiger partial charge in [-0.05, 0) is 42.4 Å². The Morgan fingerprint density at radius 3 is 2.52 bits per heavy atom. The molecule has 1 saturated carbocycles. The Balaban J connectivity index is 0.00000182. The Morgan fingerprint density at radius 2 is 1.84 bits per heavy atom. The second kappa shape index (κ2) is 7.02. The Kier molecular flexibility index (Phi) is 4.97. The van der Waals surface area contributed by atoms with Gasteiger partial charge in [0.2, 0.25) is 0 Å². The van der Waals surface area contributed by atoms with Crippen molar-refractivity contribution in [1.82, 2.24) is 9.88 Å². The number of benzene rings is 1. The molecule has 25 heavy (non-hydrogen) atoms. The standard InChI is InChI=1S/C19H21N3O2.ClH/c20-16-8-6-13-10-22(11-15(13)16)19(24)14-7-9-17(21-18(14)23)12-4-2-1-3-5-12;/h1-5,7,9,13,15-16H,6,8,10-11,20H2,(H,21,23);1H. The first-order chi connectivity index (χ1) is 11.6. The summed E-state index contributed by atoms with van der Waals surface area (Å²) in [4.78, 5) is 29.7. The van der Waals surface area contributed by atoms with E-state index >= 15 is 0 Å². The molecule has 0 radical (unpaired) electrons. The first-order valence-electron chi connectivity index (χ1n) is 8.47. The molecule has 0 spiro atoms. The van der Waals surface area contributed by atoms with Crippen molar-refractivity contribution in [2.45, 2.75) is 18.9 Å². The molecule has 3 atom stereocenters. The van der Waals surface area contributed by atoms with Crippen LogP contribution in [0.1, 0.15) is 23.2 Å². The van der Waals surface area contributed by atoms with Crippen LogP contribution in [0, 0.1) is 11.8 Å². The van der Waals surface area contributed by atoms with E-state index in [2.05, 4.69) is 4.98 Å². The summed E-state index contributed by atoms with van der Waals surface area (Å²) in [6.07, 6.45) is 2.13. The third-order valence-corrected chi connectivity index (χ3v) is 5.42. The number of amides is 1. The fourth-order valence-corrected chi connectivity index (χ4v) is 4.07. The summed E-state index contributed by atoms with van der Waals surface area (Å²) >= 11 is 0. The van der Waals surface area contributed by atoms with Gasteiger partial charge in [0.25, 0.3) is 11.5 Å². The smallest absolute Gasteiger partial charge is 0.261 e. The fraction of sp³-hybridized carbons (Fsp3) is 0.368. The first kappa shape index (κ1) is 17.7. The number of aromatic amines is 1. The normalized spacial score (nSPS) is 24.7. The Morgan fingerprint density at radius 1 is 1.08 bits per heavy atom. The molecular weight excluding hydrogens is 338 g/mol. The predicted octanol–water partition coefficient (Wildman–Crippen LogP) is 2.27. The Labute approximate surface area is 152 Å². The van der Waals surface area contributed by atoms with Gasteiger partial charge in [0, 0.05) is 24.8 Å². The van der Waals surface area contributed by atoms with Gasteiger partial charge >= 0.3 is 0 Å². The molecule has 1 aliphatic heterocycles. The van der Waals surface area contributed by atoms with E-state index in [0.29, 0.717) is 18.4 Å². The van der Waals surface area contributed by atoms with E-state index in [-0.39, 0.29) is 35.5 Å². The van der Waals surface area contributed by atoms with Crippen molar-refractivity contribution in [1.29, 1.82) is 0 Å². The quantitative estimate of drug-likeness (QED) is 0.863. The molecule has 2 heterocycles. The fourth-order valence-electron chi connectivity index (χ4n) is 4.07. The number of carbonyl (C=O) groups is 1.